The van der Waals surface area contributed by atoms with Crippen molar-refractivity contribution in [2.24, 2.45) is 0 Å². The largest absolute Gasteiger partial charge is 0.414 e. The van der Waals surface area contributed by atoms with Gasteiger partial charge in [0, 0.05) is 12.1 Å². The van der Waals surface area contributed by atoms with Crippen LogP contribution in [0.15, 0.2) is 30.3 Å². The molecule has 1 amide bonds. The number of amides is 1. The highest BCUT2D eigenvalue weighted by molar-refractivity contribution is 5.90. The molecule has 0 spiro atoms. The normalized spacial score (nSPS) is 13.0. The molecule has 118 valence electrons. The Labute approximate surface area is 122 Å². The van der Waals surface area contributed by atoms with E-state index in [2.05, 4.69) is 5.32 Å². The minimum absolute atomic E-state index is 0.100. The molecule has 1 atom stereocenters. The van der Waals surface area contributed by atoms with Crippen LogP contribution in [0.5, 0.6) is 0 Å². The molecule has 1 rings (SSSR count). The summed E-state index contributed by atoms with van der Waals surface area (Å²) in [4.78, 5) is 11.6. The Hall–Kier alpha value is -1.56. The maximum absolute atomic E-state index is 12.0. The van der Waals surface area contributed by atoms with E-state index in [0.29, 0.717) is 32.1 Å². The van der Waals surface area contributed by atoms with E-state index in [4.69, 9.17) is 5.11 Å². The third-order valence-corrected chi connectivity index (χ3v) is 3.07. The van der Waals surface area contributed by atoms with Crippen LogP contribution in [0, 0.1) is 0 Å². The lowest BCUT2D eigenvalue weighted by atomic mass is 10.1. The summed E-state index contributed by atoms with van der Waals surface area (Å²) >= 11 is 0. The van der Waals surface area contributed by atoms with Crippen LogP contribution in [0.1, 0.15) is 38.5 Å². The van der Waals surface area contributed by atoms with Crippen molar-refractivity contribution in [1.29, 1.82) is 0 Å². The molecule has 21 heavy (non-hydrogen) atoms. The number of aliphatic hydroxyl groups is 1. The van der Waals surface area contributed by atoms with Crippen molar-refractivity contribution in [2.75, 3.05) is 5.32 Å². The number of aliphatic hydroxyl groups excluding tert-OH is 1. The fraction of sp³-hybridized carbons (Fsp3) is 0.533. The number of nitrogens with one attached hydrogen (secondary N) is 1. The average molecular weight is 303 g/mol. The summed E-state index contributed by atoms with van der Waals surface area (Å²) in [6, 6.07) is 9.07. The van der Waals surface area contributed by atoms with Crippen LogP contribution in [-0.2, 0) is 4.79 Å². The van der Waals surface area contributed by atoms with Gasteiger partial charge in [-0.3, -0.25) is 4.79 Å². The Kier molecular flexibility index (Phi) is 7.22. The first-order valence-electron chi connectivity index (χ1n) is 6.99. The van der Waals surface area contributed by atoms with Gasteiger partial charge in [-0.1, -0.05) is 37.5 Å². The minimum atomic E-state index is -4.53. The molecule has 0 saturated carbocycles. The molecule has 3 nitrogen and oxygen atoms in total. The molecule has 0 heterocycles. The second-order valence-electron chi connectivity index (χ2n) is 4.92. The highest BCUT2D eigenvalue weighted by Crippen LogP contribution is 2.24. The third-order valence-electron chi connectivity index (χ3n) is 3.07. The second kappa shape index (κ2) is 8.67. The number of para-hydroxylation sites is 1. The Morgan fingerprint density at radius 1 is 1.10 bits per heavy atom. The van der Waals surface area contributed by atoms with Gasteiger partial charge in [0.1, 0.15) is 6.10 Å². The van der Waals surface area contributed by atoms with Crippen LogP contribution in [0.4, 0.5) is 18.9 Å². The van der Waals surface area contributed by atoms with Crippen LogP contribution in [0.25, 0.3) is 0 Å². The number of carbonyl (C=O) groups is 1. The number of anilines is 1. The number of hydrogen-bond acceptors (Lipinski definition) is 2. The zero-order valence-electron chi connectivity index (χ0n) is 11.7. The molecule has 0 aromatic heterocycles. The Balaban J connectivity index is 2.05. The van der Waals surface area contributed by atoms with Gasteiger partial charge < -0.3 is 10.4 Å². The van der Waals surface area contributed by atoms with Gasteiger partial charge in [0.2, 0.25) is 5.91 Å². The zero-order valence-corrected chi connectivity index (χ0v) is 11.7. The number of carbonyl (C=O) groups excluding carboxylic acids is 1. The summed E-state index contributed by atoms with van der Waals surface area (Å²) in [6.45, 7) is 0. The summed E-state index contributed by atoms with van der Waals surface area (Å²) in [5, 5.41) is 11.5. The number of alkyl halides is 3. The van der Waals surface area contributed by atoms with Crippen molar-refractivity contribution in [3.05, 3.63) is 30.3 Å². The number of rotatable bonds is 8. The standard InChI is InChI=1S/C15H20F3NO2/c16-15(17,18)13(20)10-6-1-2-7-11-14(21)19-12-8-4-3-5-9-12/h3-5,8-9,13,20H,1-2,6-7,10-11H2,(H,19,21). The predicted molar refractivity (Wildman–Crippen MR) is 74.8 cm³/mol. The number of hydrogen-bond donors (Lipinski definition) is 2. The maximum atomic E-state index is 12.0. The van der Waals surface area contributed by atoms with Crippen molar-refractivity contribution in [3.8, 4) is 0 Å². The van der Waals surface area contributed by atoms with Crippen molar-refractivity contribution in [2.45, 2.75) is 50.8 Å². The smallest absolute Gasteiger partial charge is 0.384 e. The number of unbranched alkanes of at least 4 members (excludes halogenated alkanes) is 3. The van der Waals surface area contributed by atoms with E-state index in [1.807, 2.05) is 18.2 Å². The second-order valence-corrected chi connectivity index (χ2v) is 4.92. The van der Waals surface area contributed by atoms with Crippen LogP contribution in [0.2, 0.25) is 0 Å². The van der Waals surface area contributed by atoms with Gasteiger partial charge in [0.15, 0.2) is 0 Å². The summed E-state index contributed by atoms with van der Waals surface area (Å²) in [5.41, 5.74) is 0.732. The first kappa shape index (κ1) is 17.5. The fourth-order valence-electron chi connectivity index (χ4n) is 1.89. The minimum Gasteiger partial charge on any atom is -0.384 e. The first-order chi connectivity index (χ1) is 9.89. The van der Waals surface area contributed by atoms with Gasteiger partial charge in [-0.2, -0.15) is 13.2 Å². The molecule has 6 heteroatoms. The molecule has 0 radical (unpaired) electrons. The molecule has 1 unspecified atom stereocenters. The van der Waals surface area contributed by atoms with E-state index >= 15 is 0 Å². The SMILES string of the molecule is O=C(CCCCCCC(O)C(F)(F)F)Nc1ccccc1. The van der Waals surface area contributed by atoms with E-state index in [-0.39, 0.29) is 12.3 Å². The zero-order chi connectivity index (χ0) is 15.7. The maximum Gasteiger partial charge on any atom is 0.414 e. The summed E-state index contributed by atoms with van der Waals surface area (Å²) < 4.78 is 36.1. The summed E-state index contributed by atoms with van der Waals surface area (Å²) in [7, 11) is 0. The van der Waals surface area contributed by atoms with Gasteiger partial charge in [-0.25, -0.2) is 0 Å². The summed E-state index contributed by atoms with van der Waals surface area (Å²) in [5.74, 6) is -0.100. The number of benzene rings is 1. The van der Waals surface area contributed by atoms with Crippen LogP contribution in [0.3, 0.4) is 0 Å². The fourth-order valence-corrected chi connectivity index (χ4v) is 1.89. The van der Waals surface area contributed by atoms with Gasteiger partial charge in [-0.05, 0) is 25.0 Å². The Morgan fingerprint density at radius 2 is 1.71 bits per heavy atom. The number of halogens is 3. The molecule has 1 aromatic carbocycles. The molecular formula is C15H20F3NO2. The van der Waals surface area contributed by atoms with Gasteiger partial charge in [-0.15, -0.1) is 0 Å². The van der Waals surface area contributed by atoms with Crippen molar-refractivity contribution in [3.63, 3.8) is 0 Å². The van der Waals surface area contributed by atoms with Gasteiger partial charge >= 0.3 is 6.18 Å². The molecule has 0 fully saturated rings. The quantitative estimate of drug-likeness (QED) is 0.716. The highest BCUT2D eigenvalue weighted by atomic mass is 19.4. The Bertz CT molecular complexity index is 421. The lowest BCUT2D eigenvalue weighted by molar-refractivity contribution is -0.205. The molecule has 0 aliphatic heterocycles. The van der Waals surface area contributed by atoms with E-state index in [0.717, 1.165) is 5.69 Å². The topological polar surface area (TPSA) is 49.3 Å². The van der Waals surface area contributed by atoms with Crippen LogP contribution in [-0.4, -0.2) is 23.3 Å². The Morgan fingerprint density at radius 3 is 2.33 bits per heavy atom. The first-order valence-corrected chi connectivity index (χ1v) is 6.99. The third kappa shape index (κ3) is 7.70. The predicted octanol–water partition coefficient (Wildman–Crippen LogP) is 3.89. The van der Waals surface area contributed by atoms with Crippen LogP contribution < -0.4 is 5.32 Å². The molecule has 0 bridgehead atoms. The van der Waals surface area contributed by atoms with Crippen LogP contribution >= 0.6 is 0 Å². The molecule has 0 aliphatic rings. The monoisotopic (exact) mass is 303 g/mol. The lowest BCUT2D eigenvalue weighted by Crippen LogP contribution is -2.28. The lowest BCUT2D eigenvalue weighted by Gasteiger charge is -2.13. The van der Waals surface area contributed by atoms with Gasteiger partial charge in [0.05, 0.1) is 0 Å². The highest BCUT2D eigenvalue weighted by Gasteiger charge is 2.37. The molecule has 1 aromatic rings. The van der Waals surface area contributed by atoms with E-state index < -0.39 is 12.3 Å². The van der Waals surface area contributed by atoms with Crippen molar-refractivity contribution >= 4 is 11.6 Å². The van der Waals surface area contributed by atoms with Crippen molar-refractivity contribution < 1.29 is 23.1 Å². The van der Waals surface area contributed by atoms with E-state index in [1.165, 1.54) is 0 Å². The molecular weight excluding hydrogens is 283 g/mol. The van der Waals surface area contributed by atoms with E-state index in [1.54, 1.807) is 12.1 Å². The molecule has 0 saturated heterocycles. The van der Waals surface area contributed by atoms with E-state index in [9.17, 15) is 18.0 Å². The summed E-state index contributed by atoms with van der Waals surface area (Å²) in [6.07, 6.45) is -4.52. The molecule has 2 N–H and O–H groups in total. The average Bonchev–Trinajstić information content (AvgIpc) is 2.42. The van der Waals surface area contributed by atoms with Crippen molar-refractivity contribution in [1.82, 2.24) is 0 Å². The molecule has 0 aliphatic carbocycles. The van der Waals surface area contributed by atoms with Gasteiger partial charge in [0.25, 0.3) is 0 Å².